The molecule has 1 saturated carbocycles. The van der Waals surface area contributed by atoms with Crippen LogP contribution in [0, 0.1) is 17.7 Å². The summed E-state index contributed by atoms with van der Waals surface area (Å²) in [6.45, 7) is 3.46. The third-order valence-corrected chi connectivity index (χ3v) is 5.14. The number of likely N-dealkylation sites (tertiary alicyclic amines) is 1. The maximum absolute atomic E-state index is 13.7. The molecule has 1 saturated heterocycles. The van der Waals surface area contributed by atoms with Crippen LogP contribution in [0.25, 0.3) is 0 Å². The maximum Gasteiger partial charge on any atom is 0.236 e. The van der Waals surface area contributed by atoms with Crippen LogP contribution < -0.4 is 5.32 Å². The van der Waals surface area contributed by atoms with Gasteiger partial charge in [-0.25, -0.2) is 4.39 Å². The molecule has 0 bridgehead atoms. The molecular formula is C19H26FN3O2. The Kier molecular flexibility index (Phi) is 5.37. The van der Waals surface area contributed by atoms with Gasteiger partial charge in [0.15, 0.2) is 0 Å². The number of hydrogen-bond acceptors (Lipinski definition) is 3. The zero-order valence-corrected chi connectivity index (χ0v) is 14.9. The summed E-state index contributed by atoms with van der Waals surface area (Å²) >= 11 is 0. The van der Waals surface area contributed by atoms with Crippen molar-refractivity contribution in [3.8, 4) is 0 Å². The van der Waals surface area contributed by atoms with Crippen molar-refractivity contribution in [2.75, 3.05) is 26.7 Å². The third kappa shape index (κ3) is 4.57. The van der Waals surface area contributed by atoms with Crippen molar-refractivity contribution in [3.05, 3.63) is 35.6 Å². The van der Waals surface area contributed by atoms with E-state index >= 15 is 0 Å². The summed E-state index contributed by atoms with van der Waals surface area (Å²) in [5.74, 6) is 0.747. The van der Waals surface area contributed by atoms with Gasteiger partial charge in [-0.15, -0.1) is 0 Å². The summed E-state index contributed by atoms with van der Waals surface area (Å²) in [5.41, 5.74) is 0.589. The molecule has 5 nitrogen and oxygen atoms in total. The molecule has 0 unspecified atom stereocenters. The quantitative estimate of drug-likeness (QED) is 0.851. The highest BCUT2D eigenvalue weighted by molar-refractivity contribution is 5.79. The van der Waals surface area contributed by atoms with Gasteiger partial charge in [-0.1, -0.05) is 18.2 Å². The fraction of sp³-hybridized carbons (Fsp3) is 0.579. The lowest BCUT2D eigenvalue weighted by Gasteiger charge is -2.22. The molecule has 1 aliphatic heterocycles. The van der Waals surface area contributed by atoms with E-state index in [0.29, 0.717) is 37.0 Å². The van der Waals surface area contributed by atoms with Crippen LogP contribution in [-0.2, 0) is 16.1 Å². The van der Waals surface area contributed by atoms with Gasteiger partial charge in [-0.2, -0.15) is 0 Å². The number of carbonyl (C=O) groups excluding carboxylic acids is 2. The molecule has 2 amide bonds. The summed E-state index contributed by atoms with van der Waals surface area (Å²) in [6, 6.07) is 6.69. The van der Waals surface area contributed by atoms with E-state index < -0.39 is 0 Å². The lowest BCUT2D eigenvalue weighted by atomic mass is 9.98. The average Bonchev–Trinajstić information content (AvgIpc) is 3.30. The summed E-state index contributed by atoms with van der Waals surface area (Å²) in [4.78, 5) is 27.7. The highest BCUT2D eigenvalue weighted by Crippen LogP contribution is 2.41. The van der Waals surface area contributed by atoms with E-state index in [9.17, 15) is 14.0 Å². The van der Waals surface area contributed by atoms with Gasteiger partial charge < -0.3 is 10.2 Å². The molecule has 2 aliphatic rings. The Morgan fingerprint density at radius 1 is 1.28 bits per heavy atom. The van der Waals surface area contributed by atoms with Crippen LogP contribution in [0.2, 0.25) is 0 Å². The van der Waals surface area contributed by atoms with E-state index in [1.54, 1.807) is 18.2 Å². The molecule has 1 heterocycles. The molecule has 0 radical (unpaired) electrons. The van der Waals surface area contributed by atoms with E-state index in [1.807, 2.05) is 16.8 Å². The van der Waals surface area contributed by atoms with Crippen LogP contribution in [-0.4, -0.2) is 54.3 Å². The van der Waals surface area contributed by atoms with Crippen molar-refractivity contribution in [1.82, 2.24) is 15.1 Å². The molecule has 2 fully saturated rings. The van der Waals surface area contributed by atoms with Gasteiger partial charge in [0, 0.05) is 38.0 Å². The standard InChI is InChI=1S/C19H26FN3O2/c1-13(24)21-18-11-23(10-16(18)14-7-8-14)19(25)12-22(2)9-15-5-3-4-6-17(15)20/h3-6,14,16,18H,7-12H2,1-2H3,(H,21,24)/t16-,18+/m0/s1. The number of rotatable bonds is 6. The molecule has 0 spiro atoms. The van der Waals surface area contributed by atoms with Crippen molar-refractivity contribution in [2.24, 2.45) is 11.8 Å². The SMILES string of the molecule is CC(=O)N[C@@H]1CN(C(=O)CN(C)Cc2ccccc2F)C[C@H]1C1CC1. The van der Waals surface area contributed by atoms with Gasteiger partial charge in [-0.05, 0) is 31.9 Å². The molecule has 6 heteroatoms. The number of carbonyl (C=O) groups is 2. The Morgan fingerprint density at radius 2 is 2.00 bits per heavy atom. The minimum atomic E-state index is -0.248. The first-order chi connectivity index (χ1) is 11.9. The van der Waals surface area contributed by atoms with E-state index in [4.69, 9.17) is 0 Å². The van der Waals surface area contributed by atoms with Crippen molar-refractivity contribution in [3.63, 3.8) is 0 Å². The van der Waals surface area contributed by atoms with Gasteiger partial charge in [0.05, 0.1) is 12.6 Å². The van der Waals surface area contributed by atoms with Crippen LogP contribution in [0.5, 0.6) is 0 Å². The second kappa shape index (κ2) is 7.52. The monoisotopic (exact) mass is 347 g/mol. The fourth-order valence-electron chi connectivity index (χ4n) is 3.75. The lowest BCUT2D eigenvalue weighted by molar-refractivity contribution is -0.131. The predicted molar refractivity (Wildman–Crippen MR) is 93.1 cm³/mol. The van der Waals surface area contributed by atoms with Crippen LogP contribution >= 0.6 is 0 Å². The summed E-state index contributed by atoms with van der Waals surface area (Å²) in [5, 5.41) is 3.00. The molecule has 3 rings (SSSR count). The number of amides is 2. The highest BCUT2D eigenvalue weighted by atomic mass is 19.1. The molecule has 25 heavy (non-hydrogen) atoms. The second-order valence-corrected chi connectivity index (χ2v) is 7.37. The van der Waals surface area contributed by atoms with E-state index in [2.05, 4.69) is 5.32 Å². The van der Waals surface area contributed by atoms with Gasteiger partial charge in [-0.3, -0.25) is 14.5 Å². The number of nitrogens with one attached hydrogen (secondary N) is 1. The molecule has 136 valence electrons. The maximum atomic E-state index is 13.7. The Morgan fingerprint density at radius 3 is 2.64 bits per heavy atom. The minimum Gasteiger partial charge on any atom is -0.351 e. The van der Waals surface area contributed by atoms with Gasteiger partial charge >= 0.3 is 0 Å². The van der Waals surface area contributed by atoms with Crippen LogP contribution in [0.3, 0.4) is 0 Å². The predicted octanol–water partition coefficient (Wildman–Crippen LogP) is 1.63. The minimum absolute atomic E-state index is 0.0392. The highest BCUT2D eigenvalue weighted by Gasteiger charge is 2.44. The first-order valence-electron chi connectivity index (χ1n) is 8.91. The van der Waals surface area contributed by atoms with Gasteiger partial charge in [0.2, 0.25) is 11.8 Å². The summed E-state index contributed by atoms with van der Waals surface area (Å²) in [6.07, 6.45) is 2.38. The van der Waals surface area contributed by atoms with E-state index in [-0.39, 0.29) is 30.2 Å². The van der Waals surface area contributed by atoms with Gasteiger partial charge in [0.1, 0.15) is 5.82 Å². The normalized spacial score (nSPS) is 23.1. The Hall–Kier alpha value is -1.95. The molecule has 1 aromatic carbocycles. The average molecular weight is 347 g/mol. The van der Waals surface area contributed by atoms with Crippen molar-refractivity contribution >= 4 is 11.8 Å². The number of benzene rings is 1. The third-order valence-electron chi connectivity index (χ3n) is 5.14. The number of nitrogens with zero attached hydrogens (tertiary/aromatic N) is 2. The molecule has 1 N–H and O–H groups in total. The lowest BCUT2D eigenvalue weighted by Crippen LogP contribution is -2.41. The molecule has 2 atom stereocenters. The topological polar surface area (TPSA) is 52.7 Å². The Labute approximate surface area is 148 Å². The smallest absolute Gasteiger partial charge is 0.236 e. The van der Waals surface area contributed by atoms with Crippen LogP contribution in [0.4, 0.5) is 4.39 Å². The Balaban J connectivity index is 1.55. The van der Waals surface area contributed by atoms with E-state index in [1.165, 1.54) is 25.8 Å². The summed E-state index contributed by atoms with van der Waals surface area (Å²) in [7, 11) is 1.82. The van der Waals surface area contributed by atoms with Crippen molar-refractivity contribution in [1.29, 1.82) is 0 Å². The Bertz CT molecular complexity index is 647. The molecule has 0 aromatic heterocycles. The number of likely N-dealkylation sites (N-methyl/N-ethyl adjacent to an activating group) is 1. The summed E-state index contributed by atoms with van der Waals surface area (Å²) < 4.78 is 13.7. The van der Waals surface area contributed by atoms with Gasteiger partial charge in [0.25, 0.3) is 0 Å². The zero-order valence-electron chi connectivity index (χ0n) is 14.9. The van der Waals surface area contributed by atoms with Crippen molar-refractivity contribution < 1.29 is 14.0 Å². The molecule has 1 aromatic rings. The van der Waals surface area contributed by atoms with Crippen LogP contribution in [0.15, 0.2) is 24.3 Å². The first kappa shape index (κ1) is 17.9. The fourth-order valence-corrected chi connectivity index (χ4v) is 3.75. The molecular weight excluding hydrogens is 321 g/mol. The first-order valence-corrected chi connectivity index (χ1v) is 8.91. The second-order valence-electron chi connectivity index (χ2n) is 7.37. The van der Waals surface area contributed by atoms with Crippen LogP contribution in [0.1, 0.15) is 25.3 Å². The van der Waals surface area contributed by atoms with Crippen molar-refractivity contribution in [2.45, 2.75) is 32.4 Å². The largest absolute Gasteiger partial charge is 0.351 e. The molecule has 1 aliphatic carbocycles. The zero-order chi connectivity index (χ0) is 18.0. The number of hydrogen-bond donors (Lipinski definition) is 1. The van der Waals surface area contributed by atoms with E-state index in [0.717, 1.165) is 0 Å². The number of halogens is 1.